The van der Waals surface area contributed by atoms with E-state index in [1.807, 2.05) is 24.3 Å². The van der Waals surface area contributed by atoms with Crippen molar-refractivity contribution in [1.29, 1.82) is 0 Å². The minimum Gasteiger partial charge on any atom is -0.211 e. The molecule has 3 nitrogen and oxygen atoms in total. The molecule has 0 aromatic heterocycles. The molecule has 5 heteroatoms. The molecule has 0 radical (unpaired) electrons. The first-order chi connectivity index (χ1) is 10.1. The number of sulfonamides is 1. The predicted octanol–water partition coefficient (Wildman–Crippen LogP) is 3.20. The highest BCUT2D eigenvalue weighted by Crippen LogP contribution is 2.34. The molecule has 0 spiro atoms. The summed E-state index contributed by atoms with van der Waals surface area (Å²) in [5.74, 6) is 0.290. The minimum atomic E-state index is -3.42. The molecule has 1 aliphatic carbocycles. The van der Waals surface area contributed by atoms with Gasteiger partial charge in [0, 0.05) is 17.8 Å². The van der Waals surface area contributed by atoms with E-state index in [0.29, 0.717) is 11.4 Å². The Morgan fingerprint density at radius 1 is 1.10 bits per heavy atom. The van der Waals surface area contributed by atoms with E-state index in [4.69, 9.17) is 0 Å². The van der Waals surface area contributed by atoms with Gasteiger partial charge in [-0.05, 0) is 35.2 Å². The van der Waals surface area contributed by atoms with Crippen LogP contribution in [0.2, 0.25) is 0 Å². The Morgan fingerprint density at radius 3 is 2.48 bits per heavy atom. The van der Waals surface area contributed by atoms with E-state index in [1.54, 1.807) is 12.1 Å². The molecule has 110 valence electrons. The summed E-state index contributed by atoms with van der Waals surface area (Å²) in [7, 11) is -3.42. The van der Waals surface area contributed by atoms with Crippen LogP contribution in [0.1, 0.15) is 22.6 Å². The zero-order valence-corrected chi connectivity index (χ0v) is 13.8. The van der Waals surface area contributed by atoms with E-state index in [9.17, 15) is 8.42 Å². The number of halogens is 1. The van der Waals surface area contributed by atoms with Crippen molar-refractivity contribution in [3.63, 3.8) is 0 Å². The summed E-state index contributed by atoms with van der Waals surface area (Å²) in [6, 6.07) is 15.1. The second-order valence-electron chi connectivity index (χ2n) is 5.23. The largest absolute Gasteiger partial charge is 0.240 e. The molecule has 0 aliphatic heterocycles. The van der Waals surface area contributed by atoms with Crippen molar-refractivity contribution in [3.8, 4) is 0 Å². The summed E-state index contributed by atoms with van der Waals surface area (Å²) in [5, 5.41) is 0.722. The Kier molecular flexibility index (Phi) is 4.15. The van der Waals surface area contributed by atoms with Crippen LogP contribution in [-0.2, 0) is 21.8 Å². The van der Waals surface area contributed by atoms with Crippen molar-refractivity contribution in [2.45, 2.75) is 22.6 Å². The first-order valence-electron chi connectivity index (χ1n) is 6.82. The molecule has 1 atom stereocenters. The maximum atomic E-state index is 12.3. The maximum Gasteiger partial charge on any atom is 0.240 e. The van der Waals surface area contributed by atoms with Crippen LogP contribution in [0.3, 0.4) is 0 Å². The Morgan fingerprint density at radius 2 is 1.81 bits per heavy atom. The first kappa shape index (κ1) is 14.8. The lowest BCUT2D eigenvalue weighted by atomic mass is 9.78. The van der Waals surface area contributed by atoms with Crippen molar-refractivity contribution < 1.29 is 8.42 Å². The van der Waals surface area contributed by atoms with Crippen LogP contribution in [0.4, 0.5) is 0 Å². The molecule has 2 aromatic carbocycles. The fourth-order valence-corrected chi connectivity index (χ4v) is 4.05. The van der Waals surface area contributed by atoms with Crippen LogP contribution in [0, 0.1) is 0 Å². The third-order valence-electron chi connectivity index (χ3n) is 3.87. The summed E-state index contributed by atoms with van der Waals surface area (Å²) < 4.78 is 27.2. The molecule has 0 saturated heterocycles. The lowest BCUT2D eigenvalue weighted by Gasteiger charge is -2.30. The average Bonchev–Trinajstić information content (AvgIpc) is 2.48. The number of benzene rings is 2. The second-order valence-corrected chi connectivity index (χ2v) is 7.56. The number of hydrogen-bond acceptors (Lipinski definition) is 2. The summed E-state index contributed by atoms with van der Waals surface area (Å²) >= 11 is 3.35. The van der Waals surface area contributed by atoms with Crippen LogP contribution in [0.15, 0.2) is 53.4 Å². The molecule has 0 bridgehead atoms. The molecular weight excluding hydrogens is 350 g/mol. The topological polar surface area (TPSA) is 46.2 Å². The van der Waals surface area contributed by atoms with Crippen molar-refractivity contribution >= 4 is 26.0 Å². The smallest absolute Gasteiger partial charge is 0.211 e. The van der Waals surface area contributed by atoms with Crippen molar-refractivity contribution in [2.75, 3.05) is 6.54 Å². The van der Waals surface area contributed by atoms with Gasteiger partial charge in [0.1, 0.15) is 0 Å². The number of fused-ring (bicyclic) bond motifs is 1. The molecule has 3 rings (SSSR count). The molecule has 0 fully saturated rings. The van der Waals surface area contributed by atoms with Gasteiger partial charge < -0.3 is 0 Å². The third-order valence-corrected chi connectivity index (χ3v) is 5.96. The molecule has 2 aromatic rings. The Labute approximate surface area is 133 Å². The molecule has 0 amide bonds. The summed E-state index contributed by atoms with van der Waals surface area (Å²) in [6.07, 6.45) is 0.946. The van der Waals surface area contributed by atoms with Crippen LogP contribution >= 0.6 is 15.9 Å². The van der Waals surface area contributed by atoms with Crippen LogP contribution in [0.25, 0.3) is 0 Å². The van der Waals surface area contributed by atoms with E-state index >= 15 is 0 Å². The van der Waals surface area contributed by atoms with Gasteiger partial charge in [-0.15, -0.1) is 0 Å². The second kappa shape index (κ2) is 5.91. The van der Waals surface area contributed by atoms with Crippen LogP contribution < -0.4 is 4.72 Å². The monoisotopic (exact) mass is 365 g/mol. The molecule has 21 heavy (non-hydrogen) atoms. The fraction of sp³-hybridized carbons (Fsp3) is 0.250. The maximum absolute atomic E-state index is 12.3. The molecule has 0 heterocycles. The lowest BCUT2D eigenvalue weighted by Crippen LogP contribution is -2.33. The van der Waals surface area contributed by atoms with Gasteiger partial charge in [0.15, 0.2) is 0 Å². The van der Waals surface area contributed by atoms with Gasteiger partial charge in [-0.2, -0.15) is 0 Å². The lowest BCUT2D eigenvalue weighted by molar-refractivity contribution is 0.552. The van der Waals surface area contributed by atoms with E-state index < -0.39 is 10.0 Å². The van der Waals surface area contributed by atoms with E-state index in [0.717, 1.165) is 17.3 Å². The molecular formula is C16H16BrNO2S. The van der Waals surface area contributed by atoms with Crippen LogP contribution in [-0.4, -0.2) is 15.0 Å². The summed E-state index contributed by atoms with van der Waals surface area (Å²) in [5.41, 5.74) is 3.64. The SMILES string of the molecule is O=S(=O)(NCC1Cc2ccccc21)c1ccc(CBr)cc1. The summed E-state index contributed by atoms with van der Waals surface area (Å²) in [6.45, 7) is 0.458. The Balaban J connectivity index is 1.67. The zero-order valence-electron chi connectivity index (χ0n) is 11.4. The highest BCUT2D eigenvalue weighted by atomic mass is 79.9. The number of hydrogen-bond donors (Lipinski definition) is 1. The average molecular weight is 366 g/mol. The molecule has 0 saturated carbocycles. The van der Waals surface area contributed by atoms with Gasteiger partial charge in [-0.25, -0.2) is 13.1 Å². The molecule has 1 N–H and O–H groups in total. The van der Waals surface area contributed by atoms with Crippen molar-refractivity contribution in [1.82, 2.24) is 4.72 Å². The van der Waals surface area contributed by atoms with Gasteiger partial charge in [0.05, 0.1) is 4.90 Å². The summed E-state index contributed by atoms with van der Waals surface area (Å²) in [4.78, 5) is 0.319. The number of rotatable bonds is 5. The third kappa shape index (κ3) is 3.05. The van der Waals surface area contributed by atoms with E-state index in [1.165, 1.54) is 11.1 Å². The number of alkyl halides is 1. The van der Waals surface area contributed by atoms with Gasteiger partial charge in [-0.3, -0.25) is 0 Å². The predicted molar refractivity (Wildman–Crippen MR) is 87.1 cm³/mol. The Hall–Kier alpha value is -1.17. The van der Waals surface area contributed by atoms with Gasteiger partial charge >= 0.3 is 0 Å². The van der Waals surface area contributed by atoms with Gasteiger partial charge in [-0.1, -0.05) is 52.3 Å². The normalized spacial score (nSPS) is 17.1. The van der Waals surface area contributed by atoms with Gasteiger partial charge in [0.25, 0.3) is 0 Å². The van der Waals surface area contributed by atoms with Crippen molar-refractivity contribution in [2.24, 2.45) is 0 Å². The van der Waals surface area contributed by atoms with E-state index in [-0.39, 0.29) is 5.92 Å². The van der Waals surface area contributed by atoms with E-state index in [2.05, 4.69) is 32.8 Å². The standard InChI is InChI=1S/C16H16BrNO2S/c17-10-12-5-7-15(8-6-12)21(19,20)18-11-14-9-13-3-1-2-4-16(13)14/h1-8,14,18H,9-11H2. The van der Waals surface area contributed by atoms with Crippen LogP contribution in [0.5, 0.6) is 0 Å². The molecule has 1 aliphatic rings. The van der Waals surface area contributed by atoms with Gasteiger partial charge in [0.2, 0.25) is 10.0 Å². The minimum absolute atomic E-state index is 0.290. The zero-order chi connectivity index (χ0) is 14.9. The quantitative estimate of drug-likeness (QED) is 0.826. The molecule has 1 unspecified atom stereocenters. The Bertz CT molecular complexity index is 741. The highest BCUT2D eigenvalue weighted by molar-refractivity contribution is 9.08. The highest BCUT2D eigenvalue weighted by Gasteiger charge is 2.26. The number of nitrogens with one attached hydrogen (secondary N) is 1. The fourth-order valence-electron chi connectivity index (χ4n) is 2.60. The van der Waals surface area contributed by atoms with Crippen molar-refractivity contribution in [3.05, 3.63) is 65.2 Å². The first-order valence-corrected chi connectivity index (χ1v) is 9.43.